The second-order valence-corrected chi connectivity index (χ2v) is 5.18. The first-order valence-electron chi connectivity index (χ1n) is 7.02. The van der Waals surface area contributed by atoms with Crippen molar-refractivity contribution < 1.29 is 9.18 Å². The van der Waals surface area contributed by atoms with E-state index in [9.17, 15) is 9.18 Å². The van der Waals surface area contributed by atoms with Gasteiger partial charge >= 0.3 is 0 Å². The first-order valence-corrected chi connectivity index (χ1v) is 7.02. The summed E-state index contributed by atoms with van der Waals surface area (Å²) in [4.78, 5) is 17.1. The molecule has 0 saturated carbocycles. The Morgan fingerprint density at radius 3 is 3.20 bits per heavy atom. The van der Waals surface area contributed by atoms with Gasteiger partial charge in [-0.25, -0.2) is 4.39 Å². The number of primary amides is 1. The minimum atomic E-state index is -0.334. The molecule has 3 N–H and O–H groups in total. The molecule has 1 aliphatic rings. The molecule has 0 radical (unpaired) electrons. The van der Waals surface area contributed by atoms with E-state index in [4.69, 9.17) is 5.73 Å². The van der Waals surface area contributed by atoms with Crippen molar-refractivity contribution in [3.05, 3.63) is 24.3 Å². The van der Waals surface area contributed by atoms with Crippen LogP contribution in [0, 0.1) is 11.7 Å². The number of anilines is 1. The molecule has 2 rings (SSSR count). The Hall–Kier alpha value is -1.69. The summed E-state index contributed by atoms with van der Waals surface area (Å²) in [5.74, 6) is -0.555. The molecule has 0 aromatic carbocycles. The number of nitrogens with one attached hydrogen (secondary N) is 1. The van der Waals surface area contributed by atoms with Crippen molar-refractivity contribution in [2.45, 2.75) is 19.3 Å². The molecule has 20 heavy (non-hydrogen) atoms. The summed E-state index contributed by atoms with van der Waals surface area (Å²) in [6.07, 6.45) is 5.57. The zero-order valence-electron chi connectivity index (χ0n) is 11.5. The smallest absolute Gasteiger partial charge is 0.221 e. The van der Waals surface area contributed by atoms with Gasteiger partial charge in [0.05, 0.1) is 17.8 Å². The van der Waals surface area contributed by atoms with Gasteiger partial charge < -0.3 is 16.0 Å². The fourth-order valence-corrected chi connectivity index (χ4v) is 2.54. The lowest BCUT2D eigenvalue weighted by Gasteiger charge is -2.31. The SMILES string of the molecule is NC(=O)C1CCCN(CCCNc2ccncc2F)C1. The third-order valence-electron chi connectivity index (χ3n) is 3.65. The van der Waals surface area contributed by atoms with E-state index in [1.165, 1.54) is 6.20 Å². The average Bonchev–Trinajstić information content (AvgIpc) is 2.45. The van der Waals surface area contributed by atoms with Crippen LogP contribution in [0.4, 0.5) is 10.1 Å². The molecule has 0 bridgehead atoms. The van der Waals surface area contributed by atoms with Gasteiger partial charge in [0.1, 0.15) is 0 Å². The zero-order valence-corrected chi connectivity index (χ0v) is 11.5. The van der Waals surface area contributed by atoms with Crippen LogP contribution in [0.2, 0.25) is 0 Å². The van der Waals surface area contributed by atoms with Crippen LogP contribution in [-0.4, -0.2) is 42.0 Å². The number of pyridine rings is 1. The van der Waals surface area contributed by atoms with Crippen LogP contribution in [0.15, 0.2) is 18.5 Å². The molecule has 2 heterocycles. The van der Waals surface area contributed by atoms with Crippen LogP contribution in [0.3, 0.4) is 0 Å². The Morgan fingerprint density at radius 1 is 1.60 bits per heavy atom. The normalized spacial score (nSPS) is 19.8. The van der Waals surface area contributed by atoms with Crippen LogP contribution in [0.25, 0.3) is 0 Å². The highest BCUT2D eigenvalue weighted by atomic mass is 19.1. The van der Waals surface area contributed by atoms with Gasteiger partial charge in [-0.05, 0) is 38.4 Å². The van der Waals surface area contributed by atoms with E-state index >= 15 is 0 Å². The van der Waals surface area contributed by atoms with Gasteiger partial charge in [-0.15, -0.1) is 0 Å². The Morgan fingerprint density at radius 2 is 2.45 bits per heavy atom. The number of halogens is 1. The lowest BCUT2D eigenvalue weighted by atomic mass is 9.97. The van der Waals surface area contributed by atoms with E-state index in [-0.39, 0.29) is 17.6 Å². The molecule has 1 saturated heterocycles. The van der Waals surface area contributed by atoms with Gasteiger partial charge in [-0.1, -0.05) is 0 Å². The van der Waals surface area contributed by atoms with Gasteiger partial charge in [0, 0.05) is 19.3 Å². The minimum Gasteiger partial charge on any atom is -0.383 e. The number of piperidine rings is 1. The molecule has 0 aliphatic carbocycles. The van der Waals surface area contributed by atoms with Gasteiger partial charge in [0.15, 0.2) is 5.82 Å². The summed E-state index contributed by atoms with van der Waals surface area (Å²) < 4.78 is 13.3. The Kier molecular flexibility index (Phi) is 5.29. The number of amides is 1. The fourth-order valence-electron chi connectivity index (χ4n) is 2.54. The van der Waals surface area contributed by atoms with Crippen LogP contribution in [-0.2, 0) is 4.79 Å². The van der Waals surface area contributed by atoms with Crippen molar-refractivity contribution in [1.82, 2.24) is 9.88 Å². The van der Waals surface area contributed by atoms with Gasteiger partial charge in [-0.2, -0.15) is 0 Å². The predicted octanol–water partition coefficient (Wildman–Crippen LogP) is 1.22. The number of aromatic nitrogens is 1. The van der Waals surface area contributed by atoms with Crippen LogP contribution in [0.1, 0.15) is 19.3 Å². The number of likely N-dealkylation sites (tertiary alicyclic amines) is 1. The number of rotatable bonds is 6. The molecule has 1 aromatic rings. The van der Waals surface area contributed by atoms with Crippen LogP contribution < -0.4 is 11.1 Å². The van der Waals surface area contributed by atoms with Crippen molar-refractivity contribution in [2.24, 2.45) is 11.7 Å². The van der Waals surface area contributed by atoms with Crippen LogP contribution in [0.5, 0.6) is 0 Å². The molecule has 1 atom stereocenters. The number of carbonyl (C=O) groups excluding carboxylic acids is 1. The van der Waals surface area contributed by atoms with Crippen molar-refractivity contribution in [3.8, 4) is 0 Å². The van der Waals surface area contributed by atoms with E-state index < -0.39 is 0 Å². The molecule has 1 aromatic heterocycles. The standard InChI is InChI=1S/C14H21FN4O/c15-12-9-17-6-4-13(12)18-5-2-8-19-7-1-3-11(10-19)14(16)20/h4,6,9,11H,1-3,5,7-8,10H2,(H2,16,20)(H,17,18). The quantitative estimate of drug-likeness (QED) is 0.769. The van der Waals surface area contributed by atoms with Crippen molar-refractivity contribution in [2.75, 3.05) is 31.5 Å². The number of hydrogen-bond acceptors (Lipinski definition) is 4. The molecular weight excluding hydrogens is 259 g/mol. The Labute approximate surface area is 118 Å². The van der Waals surface area contributed by atoms with Crippen molar-refractivity contribution in [3.63, 3.8) is 0 Å². The summed E-state index contributed by atoms with van der Waals surface area (Å²) in [5, 5.41) is 3.05. The van der Waals surface area contributed by atoms with Gasteiger partial charge in [-0.3, -0.25) is 9.78 Å². The van der Waals surface area contributed by atoms with Crippen molar-refractivity contribution in [1.29, 1.82) is 0 Å². The second kappa shape index (κ2) is 7.19. The lowest BCUT2D eigenvalue weighted by Crippen LogP contribution is -2.41. The molecule has 5 nitrogen and oxygen atoms in total. The van der Waals surface area contributed by atoms with E-state index in [1.54, 1.807) is 12.3 Å². The molecule has 1 fully saturated rings. The third kappa shape index (κ3) is 4.16. The highest BCUT2D eigenvalue weighted by molar-refractivity contribution is 5.76. The first-order chi connectivity index (χ1) is 9.66. The summed E-state index contributed by atoms with van der Waals surface area (Å²) in [6, 6.07) is 1.62. The largest absolute Gasteiger partial charge is 0.383 e. The average molecular weight is 280 g/mol. The maximum atomic E-state index is 13.3. The molecule has 1 aliphatic heterocycles. The van der Waals surface area contributed by atoms with E-state index in [2.05, 4.69) is 15.2 Å². The molecule has 6 heteroatoms. The van der Waals surface area contributed by atoms with Gasteiger partial charge in [0.25, 0.3) is 0 Å². The maximum absolute atomic E-state index is 13.3. The van der Waals surface area contributed by atoms with E-state index in [0.29, 0.717) is 12.2 Å². The van der Waals surface area contributed by atoms with Crippen molar-refractivity contribution >= 4 is 11.6 Å². The summed E-state index contributed by atoms with van der Waals surface area (Å²) in [7, 11) is 0. The summed E-state index contributed by atoms with van der Waals surface area (Å²) in [6.45, 7) is 3.34. The first kappa shape index (κ1) is 14.7. The lowest BCUT2D eigenvalue weighted by molar-refractivity contribution is -0.123. The zero-order chi connectivity index (χ0) is 14.4. The molecule has 1 unspecified atom stereocenters. The molecule has 0 spiro atoms. The molecular formula is C14H21FN4O. The van der Waals surface area contributed by atoms with Gasteiger partial charge in [0.2, 0.25) is 5.91 Å². The van der Waals surface area contributed by atoms with E-state index in [1.807, 2.05) is 0 Å². The molecule has 110 valence electrons. The number of nitrogens with two attached hydrogens (primary N) is 1. The number of nitrogens with zero attached hydrogens (tertiary/aromatic N) is 2. The Balaban J connectivity index is 1.68. The number of hydrogen-bond donors (Lipinski definition) is 2. The predicted molar refractivity (Wildman–Crippen MR) is 75.7 cm³/mol. The highest BCUT2D eigenvalue weighted by Crippen LogP contribution is 2.16. The minimum absolute atomic E-state index is 0.0191. The highest BCUT2D eigenvalue weighted by Gasteiger charge is 2.23. The fraction of sp³-hybridized carbons (Fsp3) is 0.571. The van der Waals surface area contributed by atoms with E-state index in [0.717, 1.165) is 38.9 Å². The maximum Gasteiger partial charge on any atom is 0.221 e. The van der Waals surface area contributed by atoms with Crippen LogP contribution >= 0.6 is 0 Å². The monoisotopic (exact) mass is 280 g/mol. The second-order valence-electron chi connectivity index (χ2n) is 5.18. The number of carbonyl (C=O) groups is 1. The third-order valence-corrected chi connectivity index (χ3v) is 3.65. The Bertz CT molecular complexity index is 455. The topological polar surface area (TPSA) is 71.2 Å². The summed E-state index contributed by atoms with van der Waals surface area (Å²) >= 11 is 0. The summed E-state index contributed by atoms with van der Waals surface area (Å²) in [5.41, 5.74) is 5.83. The molecule has 1 amide bonds.